The first kappa shape index (κ1) is 19.2. The van der Waals surface area contributed by atoms with E-state index in [-0.39, 0.29) is 17.8 Å². The Hall–Kier alpha value is -2.17. The number of thioether (sulfide) groups is 1. The molecule has 1 aliphatic heterocycles. The van der Waals surface area contributed by atoms with Gasteiger partial charge in [0, 0.05) is 31.3 Å². The highest BCUT2D eigenvalue weighted by atomic mass is 32.2. The molecular weight excluding hydrogens is 396 g/mol. The van der Waals surface area contributed by atoms with E-state index in [4.69, 9.17) is 10.5 Å². The van der Waals surface area contributed by atoms with Gasteiger partial charge in [0.2, 0.25) is 5.91 Å². The van der Waals surface area contributed by atoms with E-state index < -0.39 is 0 Å². The number of pyridine rings is 1. The summed E-state index contributed by atoms with van der Waals surface area (Å²) in [5.74, 6) is 0.970. The Morgan fingerprint density at radius 2 is 2.39 bits per heavy atom. The van der Waals surface area contributed by atoms with Crippen LogP contribution in [0.15, 0.2) is 23.5 Å². The number of anilines is 1. The predicted molar refractivity (Wildman–Crippen MR) is 111 cm³/mol. The molecule has 0 spiro atoms. The van der Waals surface area contributed by atoms with Gasteiger partial charge in [0.25, 0.3) is 0 Å². The molecule has 10 heteroatoms. The normalized spacial score (nSPS) is 16.7. The van der Waals surface area contributed by atoms with Gasteiger partial charge in [-0.25, -0.2) is 4.98 Å². The fourth-order valence-corrected chi connectivity index (χ4v) is 5.07. The van der Waals surface area contributed by atoms with E-state index in [1.807, 2.05) is 23.6 Å². The predicted octanol–water partition coefficient (Wildman–Crippen LogP) is 2.54. The van der Waals surface area contributed by atoms with Crippen molar-refractivity contribution in [3.63, 3.8) is 0 Å². The van der Waals surface area contributed by atoms with Crippen molar-refractivity contribution >= 4 is 44.9 Å². The Labute approximate surface area is 170 Å². The van der Waals surface area contributed by atoms with Crippen molar-refractivity contribution in [2.45, 2.75) is 37.6 Å². The number of carbonyl (C=O) groups is 1. The van der Waals surface area contributed by atoms with Crippen LogP contribution in [0, 0.1) is 0 Å². The summed E-state index contributed by atoms with van der Waals surface area (Å²) in [6.07, 6.45) is 3.97. The number of ether oxygens (including phenoxy) is 1. The summed E-state index contributed by atoms with van der Waals surface area (Å²) in [7, 11) is 0. The lowest BCUT2D eigenvalue weighted by Crippen LogP contribution is -2.32. The number of aromatic nitrogens is 4. The molecule has 1 unspecified atom stereocenters. The summed E-state index contributed by atoms with van der Waals surface area (Å²) in [6.45, 7) is 4.06. The molecule has 148 valence electrons. The molecule has 0 aromatic carbocycles. The average molecular weight is 419 g/mol. The summed E-state index contributed by atoms with van der Waals surface area (Å²) < 4.78 is 7.51. The zero-order valence-electron chi connectivity index (χ0n) is 15.6. The number of nitrogens with zero attached hydrogens (tertiary/aromatic N) is 4. The third-order valence-electron chi connectivity index (χ3n) is 4.62. The first-order chi connectivity index (χ1) is 13.7. The quantitative estimate of drug-likeness (QED) is 0.568. The highest BCUT2D eigenvalue weighted by Gasteiger charge is 2.21. The van der Waals surface area contributed by atoms with Crippen LogP contribution in [-0.4, -0.2) is 50.7 Å². The Bertz CT molecular complexity index is 980. The van der Waals surface area contributed by atoms with Crippen LogP contribution in [0.25, 0.3) is 20.9 Å². The molecule has 4 heterocycles. The molecule has 3 aromatic rings. The smallest absolute Gasteiger partial charge is 0.230 e. The Balaban J connectivity index is 1.46. The van der Waals surface area contributed by atoms with Crippen LogP contribution in [0.3, 0.4) is 0 Å². The number of hydrogen-bond acceptors (Lipinski definition) is 8. The fourth-order valence-electron chi connectivity index (χ4n) is 3.18. The molecule has 28 heavy (non-hydrogen) atoms. The number of rotatable bonds is 7. The van der Waals surface area contributed by atoms with Crippen LogP contribution in [0.1, 0.15) is 19.8 Å². The highest BCUT2D eigenvalue weighted by molar-refractivity contribution is 7.99. The second-order valence-corrected chi connectivity index (χ2v) is 8.42. The molecule has 8 nitrogen and oxygen atoms in total. The summed E-state index contributed by atoms with van der Waals surface area (Å²) in [4.78, 5) is 18.3. The summed E-state index contributed by atoms with van der Waals surface area (Å²) in [5, 5.41) is 13.2. The van der Waals surface area contributed by atoms with Crippen molar-refractivity contribution in [3.8, 4) is 10.7 Å². The first-order valence-corrected chi connectivity index (χ1v) is 11.0. The Morgan fingerprint density at radius 1 is 1.50 bits per heavy atom. The van der Waals surface area contributed by atoms with Gasteiger partial charge < -0.3 is 20.4 Å². The van der Waals surface area contributed by atoms with Gasteiger partial charge in [-0.2, -0.15) is 0 Å². The van der Waals surface area contributed by atoms with Crippen molar-refractivity contribution in [2.24, 2.45) is 0 Å². The van der Waals surface area contributed by atoms with E-state index in [1.165, 1.54) is 23.1 Å². The zero-order valence-corrected chi connectivity index (χ0v) is 17.2. The lowest BCUT2D eigenvalue weighted by molar-refractivity contribution is -0.119. The summed E-state index contributed by atoms with van der Waals surface area (Å²) in [5.41, 5.74) is 7.00. The van der Waals surface area contributed by atoms with Crippen LogP contribution in [0.5, 0.6) is 0 Å². The lowest BCUT2D eigenvalue weighted by atomic mass is 10.2. The molecule has 0 saturated carbocycles. The first-order valence-electron chi connectivity index (χ1n) is 9.25. The van der Waals surface area contributed by atoms with Gasteiger partial charge in [-0.15, -0.1) is 21.5 Å². The van der Waals surface area contributed by atoms with Gasteiger partial charge in [-0.1, -0.05) is 11.8 Å². The van der Waals surface area contributed by atoms with Crippen molar-refractivity contribution in [2.75, 3.05) is 24.6 Å². The lowest BCUT2D eigenvalue weighted by Gasteiger charge is -2.10. The topological polar surface area (TPSA) is 108 Å². The monoisotopic (exact) mass is 418 g/mol. The van der Waals surface area contributed by atoms with E-state index in [9.17, 15) is 4.79 Å². The molecule has 3 N–H and O–H groups in total. The van der Waals surface area contributed by atoms with Crippen LogP contribution < -0.4 is 11.1 Å². The van der Waals surface area contributed by atoms with Crippen LogP contribution in [0.4, 0.5) is 5.69 Å². The van der Waals surface area contributed by atoms with Crippen molar-refractivity contribution < 1.29 is 9.53 Å². The summed E-state index contributed by atoms with van der Waals surface area (Å²) in [6, 6.07) is 3.83. The van der Waals surface area contributed by atoms with Gasteiger partial charge in [-0.05, 0) is 31.9 Å². The Morgan fingerprint density at radius 3 is 3.14 bits per heavy atom. The SMILES string of the molecule is CCn1c(SCC(=O)NCC2CCCO2)nnc1-c1sc2ncccc2c1N. The molecular formula is C18H22N6O2S2. The number of amides is 1. The third kappa shape index (κ3) is 3.85. The number of hydrogen-bond donors (Lipinski definition) is 2. The molecule has 1 atom stereocenters. The number of carbonyl (C=O) groups excluding carboxylic acids is 1. The van der Waals surface area contributed by atoms with Gasteiger partial charge in [0.1, 0.15) is 4.83 Å². The molecule has 0 bridgehead atoms. The van der Waals surface area contributed by atoms with Crippen molar-refractivity contribution in [1.82, 2.24) is 25.1 Å². The van der Waals surface area contributed by atoms with Crippen molar-refractivity contribution in [1.29, 1.82) is 0 Å². The number of thiophene rings is 1. The standard InChI is InChI=1S/C18H22N6O2S2/c1-2-24-16(15-14(19)12-6-3-7-20-17(12)28-15)22-23-18(24)27-10-13(25)21-9-11-5-4-8-26-11/h3,6-7,11H,2,4-5,8-10,19H2,1H3,(H,21,25). The fraction of sp³-hybridized carbons (Fsp3) is 0.444. The maximum absolute atomic E-state index is 12.1. The number of nitrogens with one attached hydrogen (secondary N) is 1. The zero-order chi connectivity index (χ0) is 19.5. The Kier molecular flexibility index (Phi) is 5.79. The molecule has 4 rings (SSSR count). The van der Waals surface area contributed by atoms with Crippen LogP contribution in [-0.2, 0) is 16.1 Å². The number of nitrogens with two attached hydrogens (primary N) is 1. The largest absolute Gasteiger partial charge is 0.397 e. The van der Waals surface area contributed by atoms with E-state index in [0.717, 1.165) is 34.5 Å². The van der Waals surface area contributed by atoms with E-state index in [1.54, 1.807) is 6.20 Å². The molecule has 1 amide bonds. The highest BCUT2D eigenvalue weighted by Crippen LogP contribution is 2.39. The molecule has 1 aliphatic rings. The number of fused-ring (bicyclic) bond motifs is 1. The summed E-state index contributed by atoms with van der Waals surface area (Å²) >= 11 is 2.88. The van der Waals surface area contributed by atoms with Gasteiger partial charge in [0.15, 0.2) is 11.0 Å². The molecule has 0 radical (unpaired) electrons. The van der Waals surface area contributed by atoms with E-state index in [2.05, 4.69) is 20.5 Å². The van der Waals surface area contributed by atoms with Gasteiger partial charge in [0.05, 0.1) is 22.4 Å². The van der Waals surface area contributed by atoms with Crippen molar-refractivity contribution in [3.05, 3.63) is 18.3 Å². The molecule has 0 aliphatic carbocycles. The average Bonchev–Trinajstić information content (AvgIpc) is 3.44. The number of nitrogen functional groups attached to an aromatic ring is 1. The van der Waals surface area contributed by atoms with Crippen LogP contribution >= 0.6 is 23.1 Å². The molecule has 1 fully saturated rings. The van der Waals surface area contributed by atoms with Gasteiger partial charge in [-0.3, -0.25) is 4.79 Å². The minimum atomic E-state index is -0.0294. The minimum Gasteiger partial charge on any atom is -0.397 e. The van der Waals surface area contributed by atoms with Crippen LogP contribution in [0.2, 0.25) is 0 Å². The molecule has 3 aromatic heterocycles. The maximum atomic E-state index is 12.1. The van der Waals surface area contributed by atoms with E-state index >= 15 is 0 Å². The maximum Gasteiger partial charge on any atom is 0.230 e. The molecule has 1 saturated heterocycles. The van der Waals surface area contributed by atoms with Gasteiger partial charge >= 0.3 is 0 Å². The third-order valence-corrected chi connectivity index (χ3v) is 6.72. The minimum absolute atomic E-state index is 0.0294. The second-order valence-electron chi connectivity index (χ2n) is 6.48. The van der Waals surface area contributed by atoms with E-state index in [0.29, 0.717) is 29.8 Å². The second kappa shape index (κ2) is 8.46.